The van der Waals surface area contributed by atoms with E-state index in [4.69, 9.17) is 21.1 Å². The SMILES string of the molecule is CCOc1ccc(S(=O)(=O)N(CC(=O)Nc2ccc(OC)c(Cl)c2)C2CCCCC2)cc1. The first-order chi connectivity index (χ1) is 15.3. The van der Waals surface area contributed by atoms with Gasteiger partial charge in [-0.25, -0.2) is 8.42 Å². The summed E-state index contributed by atoms with van der Waals surface area (Å²) in [5.41, 5.74) is 0.475. The Morgan fingerprint density at radius 1 is 1.12 bits per heavy atom. The van der Waals surface area contributed by atoms with Crippen molar-refractivity contribution in [3.8, 4) is 11.5 Å². The molecule has 7 nitrogen and oxygen atoms in total. The van der Waals surface area contributed by atoms with E-state index >= 15 is 0 Å². The van der Waals surface area contributed by atoms with Crippen molar-refractivity contribution in [2.45, 2.75) is 50.0 Å². The van der Waals surface area contributed by atoms with E-state index in [9.17, 15) is 13.2 Å². The minimum atomic E-state index is -3.87. The number of hydrogen-bond acceptors (Lipinski definition) is 5. The second-order valence-corrected chi connectivity index (χ2v) is 9.94. The zero-order valence-electron chi connectivity index (χ0n) is 18.3. The van der Waals surface area contributed by atoms with Crippen molar-refractivity contribution < 1.29 is 22.7 Å². The minimum absolute atomic E-state index is 0.145. The molecule has 0 atom stereocenters. The van der Waals surface area contributed by atoms with E-state index in [1.807, 2.05) is 6.92 Å². The van der Waals surface area contributed by atoms with Crippen molar-refractivity contribution in [3.63, 3.8) is 0 Å². The van der Waals surface area contributed by atoms with Gasteiger partial charge in [-0.15, -0.1) is 0 Å². The predicted octanol–water partition coefficient (Wildman–Crippen LogP) is 4.71. The van der Waals surface area contributed by atoms with Crippen LogP contribution in [0.3, 0.4) is 0 Å². The fourth-order valence-electron chi connectivity index (χ4n) is 3.88. The maximum absolute atomic E-state index is 13.5. The molecule has 0 bridgehead atoms. The number of halogens is 1. The van der Waals surface area contributed by atoms with Gasteiger partial charge in [0.25, 0.3) is 0 Å². The number of nitrogens with zero attached hydrogens (tertiary/aromatic N) is 1. The standard InChI is InChI=1S/C23H29ClN2O5S/c1-3-31-19-10-12-20(13-11-19)32(28,29)26(18-7-5-4-6-8-18)16-23(27)25-17-9-14-22(30-2)21(24)15-17/h9-15,18H,3-8,16H2,1-2H3,(H,25,27). The van der Waals surface area contributed by atoms with Gasteiger partial charge in [-0.1, -0.05) is 30.9 Å². The Labute approximate surface area is 194 Å². The summed E-state index contributed by atoms with van der Waals surface area (Å²) in [6.45, 7) is 2.09. The molecular weight excluding hydrogens is 452 g/mol. The Balaban J connectivity index is 1.82. The second-order valence-electron chi connectivity index (χ2n) is 7.64. The molecule has 1 aliphatic carbocycles. The molecule has 32 heavy (non-hydrogen) atoms. The molecule has 1 N–H and O–H groups in total. The van der Waals surface area contributed by atoms with Crippen molar-refractivity contribution in [1.29, 1.82) is 0 Å². The fraction of sp³-hybridized carbons (Fsp3) is 0.435. The number of amides is 1. The van der Waals surface area contributed by atoms with Crippen LogP contribution in [-0.2, 0) is 14.8 Å². The molecule has 0 aliphatic heterocycles. The molecule has 2 aromatic carbocycles. The molecule has 9 heteroatoms. The first-order valence-corrected chi connectivity index (χ1v) is 12.5. The normalized spacial score (nSPS) is 14.9. The van der Waals surface area contributed by atoms with Crippen molar-refractivity contribution in [3.05, 3.63) is 47.5 Å². The van der Waals surface area contributed by atoms with E-state index in [1.165, 1.54) is 23.5 Å². The van der Waals surface area contributed by atoms with E-state index in [1.54, 1.807) is 30.3 Å². The zero-order chi connectivity index (χ0) is 23.1. The Hall–Kier alpha value is -2.29. The molecule has 2 aromatic rings. The van der Waals surface area contributed by atoms with Crippen LogP contribution in [0.15, 0.2) is 47.4 Å². The van der Waals surface area contributed by atoms with E-state index in [-0.39, 0.29) is 17.5 Å². The van der Waals surface area contributed by atoms with Crippen molar-refractivity contribution in [2.24, 2.45) is 0 Å². The van der Waals surface area contributed by atoms with Crippen molar-refractivity contribution in [2.75, 3.05) is 25.6 Å². The number of sulfonamides is 1. The van der Waals surface area contributed by atoms with Crippen LogP contribution in [0.4, 0.5) is 5.69 Å². The molecule has 0 heterocycles. The number of hydrogen-bond donors (Lipinski definition) is 1. The number of methoxy groups -OCH3 is 1. The minimum Gasteiger partial charge on any atom is -0.495 e. The van der Waals surface area contributed by atoms with E-state index < -0.39 is 15.9 Å². The van der Waals surface area contributed by atoms with Crippen LogP contribution in [0.1, 0.15) is 39.0 Å². The third-order valence-electron chi connectivity index (χ3n) is 5.46. The maximum Gasteiger partial charge on any atom is 0.243 e. The summed E-state index contributed by atoms with van der Waals surface area (Å²) in [6, 6.07) is 11.0. The van der Waals surface area contributed by atoms with Gasteiger partial charge in [0, 0.05) is 11.7 Å². The molecule has 1 amide bonds. The number of benzene rings is 2. The van der Waals surface area contributed by atoms with Gasteiger partial charge in [0.15, 0.2) is 0 Å². The highest BCUT2D eigenvalue weighted by Crippen LogP contribution is 2.30. The lowest BCUT2D eigenvalue weighted by atomic mass is 9.95. The lowest BCUT2D eigenvalue weighted by Gasteiger charge is -2.33. The number of nitrogens with one attached hydrogen (secondary N) is 1. The van der Waals surface area contributed by atoms with E-state index in [2.05, 4.69) is 5.32 Å². The van der Waals surface area contributed by atoms with Gasteiger partial charge in [-0.3, -0.25) is 4.79 Å². The average Bonchev–Trinajstić information content (AvgIpc) is 2.79. The summed E-state index contributed by atoms with van der Waals surface area (Å²) in [5, 5.41) is 3.11. The van der Waals surface area contributed by atoms with Gasteiger partial charge in [-0.05, 0) is 62.2 Å². The van der Waals surface area contributed by atoms with Crippen LogP contribution in [0.2, 0.25) is 5.02 Å². The predicted molar refractivity (Wildman–Crippen MR) is 125 cm³/mol. The third kappa shape index (κ3) is 5.94. The molecule has 0 radical (unpaired) electrons. The van der Waals surface area contributed by atoms with Crippen LogP contribution in [0.25, 0.3) is 0 Å². The topological polar surface area (TPSA) is 84.9 Å². The van der Waals surface area contributed by atoms with Crippen LogP contribution < -0.4 is 14.8 Å². The van der Waals surface area contributed by atoms with Gasteiger partial charge < -0.3 is 14.8 Å². The highest BCUT2D eigenvalue weighted by Gasteiger charge is 2.34. The largest absolute Gasteiger partial charge is 0.495 e. The lowest BCUT2D eigenvalue weighted by Crippen LogP contribution is -2.45. The van der Waals surface area contributed by atoms with Crippen molar-refractivity contribution >= 4 is 33.2 Å². The summed E-state index contributed by atoms with van der Waals surface area (Å²) in [4.78, 5) is 13.0. The molecule has 1 fully saturated rings. The first kappa shape index (κ1) is 24.4. The maximum atomic E-state index is 13.5. The lowest BCUT2D eigenvalue weighted by molar-refractivity contribution is -0.116. The van der Waals surface area contributed by atoms with E-state index in [0.717, 1.165) is 32.1 Å². The summed E-state index contributed by atoms with van der Waals surface area (Å²) >= 11 is 6.14. The van der Waals surface area contributed by atoms with Gasteiger partial charge in [-0.2, -0.15) is 4.31 Å². The highest BCUT2D eigenvalue weighted by atomic mass is 35.5. The first-order valence-electron chi connectivity index (χ1n) is 10.7. The molecule has 3 rings (SSSR count). The zero-order valence-corrected chi connectivity index (χ0v) is 19.9. The number of carbonyl (C=O) groups excluding carboxylic acids is 1. The van der Waals surface area contributed by atoms with Gasteiger partial charge >= 0.3 is 0 Å². The summed E-state index contributed by atoms with van der Waals surface area (Å²) in [5.74, 6) is 0.669. The fourth-order valence-corrected chi connectivity index (χ4v) is 5.77. The molecule has 0 spiro atoms. The average molecular weight is 481 g/mol. The molecule has 0 unspecified atom stereocenters. The number of ether oxygens (including phenoxy) is 2. The molecule has 0 aromatic heterocycles. The number of rotatable bonds is 9. The highest BCUT2D eigenvalue weighted by molar-refractivity contribution is 7.89. The van der Waals surface area contributed by atoms with Gasteiger partial charge in [0.1, 0.15) is 11.5 Å². The Kier molecular flexibility index (Phi) is 8.39. The second kappa shape index (κ2) is 11.0. The number of anilines is 1. The summed E-state index contributed by atoms with van der Waals surface area (Å²) < 4.78 is 38.9. The third-order valence-corrected chi connectivity index (χ3v) is 7.67. The van der Waals surface area contributed by atoms with Crippen LogP contribution in [0, 0.1) is 0 Å². The number of carbonyl (C=O) groups is 1. The monoisotopic (exact) mass is 480 g/mol. The van der Waals surface area contributed by atoms with Crippen LogP contribution >= 0.6 is 11.6 Å². The Bertz CT molecular complexity index is 1020. The molecule has 1 aliphatic rings. The van der Waals surface area contributed by atoms with E-state index in [0.29, 0.717) is 28.8 Å². The quantitative estimate of drug-likeness (QED) is 0.561. The van der Waals surface area contributed by atoms with Gasteiger partial charge in [0.05, 0.1) is 30.2 Å². The molecule has 174 valence electrons. The molecule has 0 saturated heterocycles. The molecule has 1 saturated carbocycles. The smallest absolute Gasteiger partial charge is 0.243 e. The summed E-state index contributed by atoms with van der Waals surface area (Å²) in [6.07, 6.45) is 4.42. The molecular formula is C23H29ClN2O5S. The van der Waals surface area contributed by atoms with Crippen LogP contribution in [0.5, 0.6) is 11.5 Å². The van der Waals surface area contributed by atoms with Crippen LogP contribution in [-0.4, -0.2) is 44.9 Å². The Morgan fingerprint density at radius 3 is 2.41 bits per heavy atom. The Morgan fingerprint density at radius 2 is 1.81 bits per heavy atom. The summed E-state index contributed by atoms with van der Waals surface area (Å²) in [7, 11) is -2.36. The van der Waals surface area contributed by atoms with Gasteiger partial charge in [0.2, 0.25) is 15.9 Å². The van der Waals surface area contributed by atoms with Crippen molar-refractivity contribution in [1.82, 2.24) is 4.31 Å².